The molecular formula is C19H22ClN3O3S. The Balaban J connectivity index is 1.69. The Bertz CT molecular complexity index is 822. The van der Waals surface area contributed by atoms with E-state index in [1.807, 2.05) is 26.0 Å². The second-order valence-corrected chi connectivity index (χ2v) is 8.20. The summed E-state index contributed by atoms with van der Waals surface area (Å²) in [5, 5.41) is 16.0. The third-order valence-electron chi connectivity index (χ3n) is 4.54. The second kappa shape index (κ2) is 8.37. The molecule has 0 radical (unpaired) electrons. The van der Waals surface area contributed by atoms with Crippen molar-refractivity contribution in [3.63, 3.8) is 0 Å². The normalized spacial score (nSPS) is 19.5. The van der Waals surface area contributed by atoms with Gasteiger partial charge in [-0.25, -0.2) is 4.98 Å². The van der Waals surface area contributed by atoms with Crippen molar-refractivity contribution in [1.29, 1.82) is 0 Å². The van der Waals surface area contributed by atoms with Crippen LogP contribution in [0.4, 0.5) is 5.13 Å². The van der Waals surface area contributed by atoms with E-state index in [0.717, 1.165) is 5.56 Å². The van der Waals surface area contributed by atoms with Gasteiger partial charge in [0.05, 0.1) is 24.3 Å². The van der Waals surface area contributed by atoms with Gasteiger partial charge in [0.25, 0.3) is 0 Å². The molecule has 0 unspecified atom stereocenters. The minimum Gasteiger partial charge on any atom is -0.391 e. The Morgan fingerprint density at radius 2 is 2.07 bits per heavy atom. The van der Waals surface area contributed by atoms with Crippen molar-refractivity contribution in [3.05, 3.63) is 45.9 Å². The largest absolute Gasteiger partial charge is 0.391 e. The highest BCUT2D eigenvalue weighted by atomic mass is 35.5. The second-order valence-electron chi connectivity index (χ2n) is 6.90. The Hall–Kier alpha value is -1.96. The van der Waals surface area contributed by atoms with E-state index in [2.05, 4.69) is 10.3 Å². The lowest BCUT2D eigenvalue weighted by molar-refractivity contribution is -0.132. The van der Waals surface area contributed by atoms with Gasteiger partial charge in [0.1, 0.15) is 0 Å². The summed E-state index contributed by atoms with van der Waals surface area (Å²) in [7, 11) is 0. The lowest BCUT2D eigenvalue weighted by Gasteiger charge is -2.26. The van der Waals surface area contributed by atoms with E-state index in [-0.39, 0.29) is 30.2 Å². The molecule has 1 aromatic heterocycles. The molecule has 2 aromatic rings. The minimum atomic E-state index is -0.605. The molecule has 8 heteroatoms. The Morgan fingerprint density at radius 3 is 2.74 bits per heavy atom. The third-order valence-corrected chi connectivity index (χ3v) is 5.59. The zero-order valence-electron chi connectivity index (χ0n) is 15.2. The summed E-state index contributed by atoms with van der Waals surface area (Å²) < 4.78 is 0. The molecule has 2 N–H and O–H groups in total. The first-order valence-electron chi connectivity index (χ1n) is 8.83. The van der Waals surface area contributed by atoms with Crippen molar-refractivity contribution < 1.29 is 14.7 Å². The summed E-state index contributed by atoms with van der Waals surface area (Å²) in [6, 6.07) is 6.81. The van der Waals surface area contributed by atoms with Crippen molar-refractivity contribution in [2.24, 2.45) is 5.92 Å². The number of halogens is 1. The van der Waals surface area contributed by atoms with Crippen LogP contribution in [0, 0.1) is 5.92 Å². The predicted molar refractivity (Wildman–Crippen MR) is 106 cm³/mol. The van der Waals surface area contributed by atoms with Crippen LogP contribution in [0.5, 0.6) is 0 Å². The van der Waals surface area contributed by atoms with Gasteiger partial charge in [-0.15, -0.1) is 11.3 Å². The van der Waals surface area contributed by atoms with Gasteiger partial charge in [0.2, 0.25) is 11.8 Å². The molecule has 2 atom stereocenters. The van der Waals surface area contributed by atoms with Gasteiger partial charge >= 0.3 is 0 Å². The molecule has 0 saturated carbocycles. The number of aliphatic hydroxyl groups is 1. The van der Waals surface area contributed by atoms with E-state index >= 15 is 0 Å². The Labute approximate surface area is 167 Å². The van der Waals surface area contributed by atoms with Gasteiger partial charge in [-0.2, -0.15) is 0 Å². The highest BCUT2D eigenvalue weighted by Crippen LogP contribution is 2.33. The van der Waals surface area contributed by atoms with Gasteiger partial charge in [0.15, 0.2) is 5.13 Å². The molecule has 2 amide bonds. The number of benzene rings is 1. The van der Waals surface area contributed by atoms with Crippen LogP contribution >= 0.6 is 22.9 Å². The maximum absolute atomic E-state index is 12.8. The first kappa shape index (κ1) is 19.8. The van der Waals surface area contributed by atoms with Crippen LogP contribution in [0.2, 0.25) is 5.02 Å². The molecule has 0 bridgehead atoms. The van der Waals surface area contributed by atoms with Gasteiger partial charge in [-0.3, -0.25) is 9.59 Å². The molecule has 0 aliphatic carbocycles. The number of likely N-dealkylation sites (tertiary alicyclic amines) is 1. The van der Waals surface area contributed by atoms with E-state index in [1.165, 1.54) is 11.3 Å². The highest BCUT2D eigenvalue weighted by molar-refractivity contribution is 7.13. The number of carbonyl (C=O) groups excluding carboxylic acids is 2. The number of aliphatic hydroxyl groups excluding tert-OH is 1. The number of nitrogens with zero attached hydrogens (tertiary/aromatic N) is 2. The number of anilines is 1. The van der Waals surface area contributed by atoms with E-state index in [0.29, 0.717) is 28.8 Å². The highest BCUT2D eigenvalue weighted by Gasteiger charge is 2.37. The summed E-state index contributed by atoms with van der Waals surface area (Å²) >= 11 is 7.24. The lowest BCUT2D eigenvalue weighted by atomic mass is 10.0. The Kier molecular flexibility index (Phi) is 6.14. The predicted octanol–water partition coefficient (Wildman–Crippen LogP) is 3.27. The summed E-state index contributed by atoms with van der Waals surface area (Å²) in [5.41, 5.74) is 1.47. The molecule has 27 heavy (non-hydrogen) atoms. The molecule has 0 spiro atoms. The van der Waals surface area contributed by atoms with E-state index in [9.17, 15) is 14.7 Å². The molecule has 2 heterocycles. The molecule has 1 aromatic carbocycles. The van der Waals surface area contributed by atoms with E-state index < -0.39 is 6.10 Å². The summed E-state index contributed by atoms with van der Waals surface area (Å²) in [5.74, 6) is -0.337. The fourth-order valence-electron chi connectivity index (χ4n) is 3.07. The number of nitrogens with one attached hydrogen (secondary N) is 1. The summed E-state index contributed by atoms with van der Waals surface area (Å²) in [6.45, 7) is 4.11. The molecular weight excluding hydrogens is 386 g/mol. The number of hydrogen-bond donors (Lipinski definition) is 2. The van der Waals surface area contributed by atoms with Crippen molar-refractivity contribution >= 4 is 39.9 Å². The summed E-state index contributed by atoms with van der Waals surface area (Å²) in [6.07, 6.45) is 0.0582. The fraction of sp³-hybridized carbons (Fsp3) is 0.421. The van der Waals surface area contributed by atoms with Gasteiger partial charge in [0, 0.05) is 22.9 Å². The van der Waals surface area contributed by atoms with E-state index in [1.54, 1.807) is 22.4 Å². The quantitative estimate of drug-likeness (QED) is 0.796. The van der Waals surface area contributed by atoms with Gasteiger partial charge in [-0.1, -0.05) is 37.6 Å². The number of hydrogen-bond acceptors (Lipinski definition) is 5. The lowest BCUT2D eigenvalue weighted by Crippen LogP contribution is -2.34. The molecule has 1 saturated heterocycles. The fourth-order valence-corrected chi connectivity index (χ4v) is 3.91. The van der Waals surface area contributed by atoms with Crippen molar-refractivity contribution in [2.75, 3.05) is 11.9 Å². The molecule has 144 valence electrons. The molecule has 3 rings (SSSR count). The average molecular weight is 408 g/mol. The van der Waals surface area contributed by atoms with Crippen molar-refractivity contribution in [1.82, 2.24) is 9.88 Å². The standard InChI is InChI=1S/C19H22ClN3O3S/c1-11(2)18(26)22-19-21-14(10-27-19)9-16(25)23-8-7-15(24)17(23)12-3-5-13(20)6-4-12/h3-6,10-11,15,17,24H,7-9H2,1-2H3,(H,21,22,26)/t15-,17-/m1/s1. The van der Waals surface area contributed by atoms with Crippen molar-refractivity contribution in [3.8, 4) is 0 Å². The van der Waals surface area contributed by atoms with Crippen LogP contribution in [0.3, 0.4) is 0 Å². The van der Waals surface area contributed by atoms with Gasteiger partial charge in [-0.05, 0) is 24.1 Å². The monoisotopic (exact) mass is 407 g/mol. The van der Waals surface area contributed by atoms with Crippen LogP contribution in [0.1, 0.15) is 37.6 Å². The zero-order chi connectivity index (χ0) is 19.6. The smallest absolute Gasteiger partial charge is 0.229 e. The summed E-state index contributed by atoms with van der Waals surface area (Å²) in [4.78, 5) is 30.6. The third kappa shape index (κ3) is 4.66. The van der Waals surface area contributed by atoms with E-state index in [4.69, 9.17) is 11.6 Å². The number of thiazole rings is 1. The SMILES string of the molecule is CC(C)C(=O)Nc1nc(CC(=O)N2CC[C@@H](O)[C@H]2c2ccc(Cl)cc2)cs1. The first-order chi connectivity index (χ1) is 12.8. The minimum absolute atomic E-state index is 0.0986. The first-order valence-corrected chi connectivity index (χ1v) is 10.1. The van der Waals surface area contributed by atoms with Crippen LogP contribution in [-0.2, 0) is 16.0 Å². The maximum Gasteiger partial charge on any atom is 0.229 e. The average Bonchev–Trinajstić information content (AvgIpc) is 3.22. The number of carbonyl (C=O) groups is 2. The molecule has 1 aliphatic rings. The van der Waals surface area contributed by atoms with Crippen LogP contribution in [0.15, 0.2) is 29.6 Å². The maximum atomic E-state index is 12.8. The number of rotatable bonds is 5. The Morgan fingerprint density at radius 1 is 1.37 bits per heavy atom. The van der Waals surface area contributed by atoms with Crippen LogP contribution in [-0.4, -0.2) is 39.5 Å². The molecule has 6 nitrogen and oxygen atoms in total. The number of aromatic nitrogens is 1. The van der Waals surface area contributed by atoms with Crippen LogP contribution in [0.25, 0.3) is 0 Å². The van der Waals surface area contributed by atoms with Crippen LogP contribution < -0.4 is 5.32 Å². The molecule has 1 fully saturated rings. The topological polar surface area (TPSA) is 82.5 Å². The molecule has 1 aliphatic heterocycles. The van der Waals surface area contributed by atoms with Crippen molar-refractivity contribution in [2.45, 2.75) is 38.8 Å². The number of amides is 2. The zero-order valence-corrected chi connectivity index (χ0v) is 16.8. The van der Waals surface area contributed by atoms with Gasteiger partial charge < -0.3 is 15.3 Å².